The van der Waals surface area contributed by atoms with Crippen LogP contribution in [0, 0.1) is 11.6 Å². The number of nitrogens with two attached hydrogens (primary N) is 1. The molecule has 0 aromatic heterocycles. The fourth-order valence-electron chi connectivity index (χ4n) is 2.98. The number of halogens is 2. The van der Waals surface area contributed by atoms with Crippen molar-refractivity contribution in [1.82, 2.24) is 0 Å². The first-order valence-corrected chi connectivity index (χ1v) is 6.63. The van der Waals surface area contributed by atoms with E-state index in [4.69, 9.17) is 5.73 Å². The lowest BCUT2D eigenvalue weighted by Gasteiger charge is -2.41. The largest absolute Gasteiger partial charge is 0.371 e. The van der Waals surface area contributed by atoms with Crippen molar-refractivity contribution in [3.63, 3.8) is 0 Å². The molecule has 0 radical (unpaired) electrons. The van der Waals surface area contributed by atoms with Gasteiger partial charge in [-0.3, -0.25) is 0 Å². The van der Waals surface area contributed by atoms with Crippen LogP contribution in [-0.4, -0.2) is 13.1 Å². The van der Waals surface area contributed by atoms with Crippen LogP contribution in [0.25, 0.3) is 0 Å². The van der Waals surface area contributed by atoms with Gasteiger partial charge in [0.2, 0.25) is 0 Å². The first kappa shape index (κ1) is 11.9. The molecule has 1 saturated carbocycles. The number of benzene rings is 1. The fraction of sp³-hybridized carbons (Fsp3) is 0.571. The Kier molecular flexibility index (Phi) is 2.77. The molecule has 0 atom stereocenters. The fourth-order valence-corrected chi connectivity index (χ4v) is 2.98. The average molecular weight is 252 g/mol. The first-order chi connectivity index (χ1) is 8.60. The van der Waals surface area contributed by atoms with Gasteiger partial charge in [0, 0.05) is 30.4 Å². The highest BCUT2D eigenvalue weighted by molar-refractivity contribution is 5.58. The molecule has 1 aromatic carbocycles. The van der Waals surface area contributed by atoms with E-state index in [0.717, 1.165) is 56.4 Å². The zero-order chi connectivity index (χ0) is 12.8. The lowest BCUT2D eigenvalue weighted by atomic mass is 9.72. The van der Waals surface area contributed by atoms with Crippen LogP contribution < -0.4 is 10.6 Å². The third-order valence-corrected chi connectivity index (χ3v) is 4.27. The summed E-state index contributed by atoms with van der Waals surface area (Å²) >= 11 is 0. The van der Waals surface area contributed by atoms with Crippen LogP contribution in [0.5, 0.6) is 0 Å². The molecule has 0 unspecified atom stereocenters. The maximum absolute atomic E-state index is 13.5. The van der Waals surface area contributed by atoms with Gasteiger partial charge in [-0.25, -0.2) is 8.78 Å². The molecule has 2 nitrogen and oxygen atoms in total. The second-order valence-corrected chi connectivity index (χ2v) is 5.49. The summed E-state index contributed by atoms with van der Waals surface area (Å²) in [6.07, 6.45) is 5.00. The molecule has 0 spiro atoms. The van der Waals surface area contributed by atoms with E-state index in [9.17, 15) is 8.78 Å². The topological polar surface area (TPSA) is 29.3 Å². The smallest absolute Gasteiger partial charge is 0.160 e. The molecule has 1 aromatic rings. The maximum atomic E-state index is 13.5. The summed E-state index contributed by atoms with van der Waals surface area (Å²) in [5.74, 6) is -1.56. The molecule has 0 bridgehead atoms. The second kappa shape index (κ2) is 4.19. The van der Waals surface area contributed by atoms with Gasteiger partial charge in [0.1, 0.15) is 0 Å². The van der Waals surface area contributed by atoms with Gasteiger partial charge in [-0.05, 0) is 43.7 Å². The van der Waals surface area contributed by atoms with E-state index in [1.54, 1.807) is 0 Å². The van der Waals surface area contributed by atoms with E-state index >= 15 is 0 Å². The van der Waals surface area contributed by atoms with E-state index in [2.05, 4.69) is 4.90 Å². The highest BCUT2D eigenvalue weighted by Gasteiger charge is 2.38. The Morgan fingerprint density at radius 3 is 2.17 bits per heavy atom. The minimum atomic E-state index is -0.787. The molecule has 1 saturated heterocycles. The summed E-state index contributed by atoms with van der Waals surface area (Å²) in [4.78, 5) is 2.13. The van der Waals surface area contributed by atoms with E-state index in [0.29, 0.717) is 0 Å². The summed E-state index contributed by atoms with van der Waals surface area (Å²) in [6.45, 7) is 1.82. The number of anilines is 1. The van der Waals surface area contributed by atoms with Crippen molar-refractivity contribution < 1.29 is 8.78 Å². The predicted octanol–water partition coefficient (Wildman–Crippen LogP) is 2.90. The number of rotatable bonds is 2. The molecule has 0 amide bonds. The van der Waals surface area contributed by atoms with Crippen LogP contribution in [0.1, 0.15) is 37.7 Å². The highest BCUT2D eigenvalue weighted by atomic mass is 19.2. The molecule has 3 rings (SSSR count). The standard InChI is InChI=1S/C14H18F2N2/c15-11-8-10(14(17)4-3-5-14)13(9-12(11)16)18-6-1-2-7-18/h8-9H,1-7,17H2. The molecule has 2 aliphatic rings. The van der Waals surface area contributed by atoms with Crippen LogP contribution in [-0.2, 0) is 5.54 Å². The van der Waals surface area contributed by atoms with Crippen molar-refractivity contribution in [2.75, 3.05) is 18.0 Å². The third-order valence-electron chi connectivity index (χ3n) is 4.27. The lowest BCUT2D eigenvalue weighted by Crippen LogP contribution is -2.44. The Balaban J connectivity index is 2.06. The Morgan fingerprint density at radius 1 is 1.00 bits per heavy atom. The molecular formula is C14H18F2N2. The van der Waals surface area contributed by atoms with Gasteiger partial charge < -0.3 is 10.6 Å². The monoisotopic (exact) mass is 252 g/mol. The number of hydrogen-bond acceptors (Lipinski definition) is 2. The molecule has 1 aliphatic heterocycles. The van der Waals surface area contributed by atoms with Crippen molar-refractivity contribution in [2.24, 2.45) is 5.73 Å². The molecular weight excluding hydrogens is 234 g/mol. The minimum absolute atomic E-state index is 0.452. The molecule has 1 aliphatic carbocycles. The lowest BCUT2D eigenvalue weighted by molar-refractivity contribution is 0.252. The quantitative estimate of drug-likeness (QED) is 0.877. The van der Waals surface area contributed by atoms with Gasteiger partial charge in [0.15, 0.2) is 11.6 Å². The minimum Gasteiger partial charge on any atom is -0.371 e. The molecule has 2 N–H and O–H groups in total. The van der Waals surface area contributed by atoms with Crippen molar-refractivity contribution in [2.45, 2.75) is 37.6 Å². The zero-order valence-corrected chi connectivity index (χ0v) is 10.4. The summed E-state index contributed by atoms with van der Waals surface area (Å²) < 4.78 is 27.0. The van der Waals surface area contributed by atoms with Gasteiger partial charge in [0.25, 0.3) is 0 Å². The van der Waals surface area contributed by atoms with E-state index < -0.39 is 17.2 Å². The van der Waals surface area contributed by atoms with Crippen LogP contribution in [0.2, 0.25) is 0 Å². The molecule has 4 heteroatoms. The second-order valence-electron chi connectivity index (χ2n) is 5.49. The Hall–Kier alpha value is -1.16. The first-order valence-electron chi connectivity index (χ1n) is 6.63. The van der Waals surface area contributed by atoms with Crippen LogP contribution in [0.15, 0.2) is 12.1 Å². The van der Waals surface area contributed by atoms with E-state index in [1.165, 1.54) is 12.1 Å². The third kappa shape index (κ3) is 1.79. The Morgan fingerprint density at radius 2 is 1.61 bits per heavy atom. The summed E-state index contributed by atoms with van der Waals surface area (Å²) in [6, 6.07) is 2.63. The van der Waals surface area contributed by atoms with Gasteiger partial charge in [0.05, 0.1) is 0 Å². The van der Waals surface area contributed by atoms with Crippen molar-refractivity contribution >= 4 is 5.69 Å². The zero-order valence-electron chi connectivity index (χ0n) is 10.4. The Bertz CT molecular complexity index is 463. The van der Waals surface area contributed by atoms with Crippen molar-refractivity contribution in [3.8, 4) is 0 Å². The average Bonchev–Trinajstić information content (AvgIpc) is 2.82. The van der Waals surface area contributed by atoms with Crippen molar-refractivity contribution in [1.29, 1.82) is 0 Å². The number of nitrogens with zero attached hydrogens (tertiary/aromatic N) is 1. The predicted molar refractivity (Wildman–Crippen MR) is 67.5 cm³/mol. The SMILES string of the molecule is NC1(c2cc(F)c(F)cc2N2CCCC2)CCC1. The molecule has 98 valence electrons. The Labute approximate surface area is 106 Å². The molecule has 18 heavy (non-hydrogen) atoms. The van der Waals surface area contributed by atoms with E-state index in [-0.39, 0.29) is 0 Å². The maximum Gasteiger partial charge on any atom is 0.160 e. The van der Waals surface area contributed by atoms with E-state index in [1.807, 2.05) is 0 Å². The summed E-state index contributed by atoms with van der Waals surface area (Å²) in [5, 5.41) is 0. The van der Waals surface area contributed by atoms with Crippen LogP contribution in [0.4, 0.5) is 14.5 Å². The normalized spacial score (nSPS) is 22.1. The summed E-state index contributed by atoms with van der Waals surface area (Å²) in [7, 11) is 0. The van der Waals surface area contributed by atoms with Crippen LogP contribution >= 0.6 is 0 Å². The molecule has 1 heterocycles. The van der Waals surface area contributed by atoms with Crippen molar-refractivity contribution in [3.05, 3.63) is 29.3 Å². The van der Waals surface area contributed by atoms with Gasteiger partial charge in [-0.15, -0.1) is 0 Å². The van der Waals surface area contributed by atoms with Gasteiger partial charge in [-0.2, -0.15) is 0 Å². The highest BCUT2D eigenvalue weighted by Crippen LogP contribution is 2.44. The molecule has 2 fully saturated rings. The van der Waals surface area contributed by atoms with Gasteiger partial charge in [-0.1, -0.05) is 0 Å². The van der Waals surface area contributed by atoms with Gasteiger partial charge >= 0.3 is 0 Å². The van der Waals surface area contributed by atoms with Crippen LogP contribution in [0.3, 0.4) is 0 Å². The summed E-state index contributed by atoms with van der Waals surface area (Å²) in [5.41, 5.74) is 7.43. The number of hydrogen-bond donors (Lipinski definition) is 1.